The van der Waals surface area contributed by atoms with Gasteiger partial charge in [0.2, 0.25) is 0 Å². The van der Waals surface area contributed by atoms with Gasteiger partial charge >= 0.3 is 6.18 Å². The van der Waals surface area contributed by atoms with Crippen LogP contribution in [0.25, 0.3) is 11.3 Å². The lowest BCUT2D eigenvalue weighted by Gasteiger charge is -2.23. The van der Waals surface area contributed by atoms with Crippen molar-refractivity contribution in [3.8, 4) is 17.0 Å². The second-order valence-electron chi connectivity index (χ2n) is 7.90. The average molecular weight is 524 g/mol. The molecule has 1 unspecified atom stereocenters. The van der Waals surface area contributed by atoms with Gasteiger partial charge in [-0.1, -0.05) is 12.1 Å². The Morgan fingerprint density at radius 3 is 2.35 bits per heavy atom. The van der Waals surface area contributed by atoms with Gasteiger partial charge in [0, 0.05) is 17.5 Å². The van der Waals surface area contributed by atoms with Crippen molar-refractivity contribution in [2.24, 2.45) is 0 Å². The van der Waals surface area contributed by atoms with Crippen LogP contribution in [0, 0.1) is 17.5 Å². The number of aromatic nitrogens is 1. The van der Waals surface area contributed by atoms with E-state index in [4.69, 9.17) is 4.74 Å². The molecule has 1 aromatic heterocycles. The number of amides is 1. The van der Waals surface area contributed by atoms with Gasteiger partial charge in [0.15, 0.2) is 17.7 Å². The highest BCUT2D eigenvalue weighted by Gasteiger charge is 2.38. The zero-order chi connectivity index (χ0) is 27.1. The van der Waals surface area contributed by atoms with Crippen molar-refractivity contribution in [2.45, 2.75) is 19.3 Å². The number of rotatable bonds is 5. The van der Waals surface area contributed by atoms with E-state index in [2.05, 4.69) is 15.6 Å². The first-order valence-electron chi connectivity index (χ1n) is 10.5. The molecule has 1 aliphatic rings. The van der Waals surface area contributed by atoms with Gasteiger partial charge in [-0.2, -0.15) is 13.2 Å². The van der Waals surface area contributed by atoms with Crippen molar-refractivity contribution in [3.05, 3.63) is 88.6 Å². The van der Waals surface area contributed by atoms with Crippen LogP contribution in [0.15, 0.2) is 59.9 Å². The summed E-state index contributed by atoms with van der Waals surface area (Å²) in [6.07, 6.45) is -6.17. The number of pyridine rings is 1. The summed E-state index contributed by atoms with van der Waals surface area (Å²) < 4.78 is 87.9. The number of methoxy groups -OCH3 is 1. The average Bonchev–Trinajstić information content (AvgIpc) is 3.12. The van der Waals surface area contributed by atoms with Gasteiger partial charge in [0.25, 0.3) is 5.91 Å². The molecule has 2 aromatic carbocycles. The van der Waals surface area contributed by atoms with Gasteiger partial charge < -0.3 is 15.4 Å². The summed E-state index contributed by atoms with van der Waals surface area (Å²) in [4.78, 5) is 16.8. The fourth-order valence-corrected chi connectivity index (χ4v) is 3.79. The van der Waals surface area contributed by atoms with E-state index >= 15 is 0 Å². The fraction of sp³-hybridized carbons (Fsp3) is 0.167. The number of allylic oxidation sites excluding steroid dienone is 1. The van der Waals surface area contributed by atoms with Crippen molar-refractivity contribution in [1.82, 2.24) is 15.4 Å². The predicted octanol–water partition coefficient (Wildman–Crippen LogP) is 5.36. The normalized spacial score (nSPS) is 15.6. The number of alkyl halides is 3. The molecule has 3 N–H and O–H groups in total. The summed E-state index contributed by atoms with van der Waals surface area (Å²) >= 11 is 0. The molecule has 1 amide bonds. The summed E-state index contributed by atoms with van der Waals surface area (Å²) in [5, 5.41) is 15.9. The molecule has 2 heterocycles. The molecule has 7 nitrogen and oxygen atoms in total. The second-order valence-corrected chi connectivity index (χ2v) is 7.90. The Labute approximate surface area is 206 Å². The fourth-order valence-electron chi connectivity index (χ4n) is 3.79. The maximum Gasteiger partial charge on any atom is 0.416 e. The quantitative estimate of drug-likeness (QED) is 0.390. The topological polar surface area (TPSA) is 86.7 Å². The van der Waals surface area contributed by atoms with Crippen molar-refractivity contribution >= 4 is 11.6 Å². The van der Waals surface area contributed by atoms with E-state index in [1.165, 1.54) is 13.0 Å². The van der Waals surface area contributed by atoms with Crippen LogP contribution in [0.3, 0.4) is 0 Å². The zero-order valence-corrected chi connectivity index (χ0v) is 19.1. The minimum atomic E-state index is -4.65. The van der Waals surface area contributed by atoms with E-state index in [-0.39, 0.29) is 17.1 Å². The van der Waals surface area contributed by atoms with Gasteiger partial charge in [-0.25, -0.2) is 23.2 Å². The molecule has 0 bridgehead atoms. The summed E-state index contributed by atoms with van der Waals surface area (Å²) in [5.41, 5.74) is -3.17. The maximum absolute atomic E-state index is 15.0. The highest BCUT2D eigenvalue weighted by molar-refractivity contribution is 6.04. The zero-order valence-electron chi connectivity index (χ0n) is 19.1. The molecule has 0 saturated heterocycles. The van der Waals surface area contributed by atoms with Crippen molar-refractivity contribution in [1.29, 1.82) is 0 Å². The molecule has 37 heavy (non-hydrogen) atoms. The summed E-state index contributed by atoms with van der Waals surface area (Å²) in [5.74, 6) is -4.34. The SMILES string of the molecule is COc1cc(F)c(C2NC(C)=C(C(=O)Nc3cccc(C(F)(F)F)c3)N2O)nc1-c1c(F)cccc1F. The molecule has 1 atom stereocenters. The number of benzene rings is 2. The molecule has 4 rings (SSSR count). The Hall–Kier alpha value is -4.26. The third kappa shape index (κ3) is 4.89. The Morgan fingerprint density at radius 1 is 1.08 bits per heavy atom. The number of carbonyl (C=O) groups is 1. The molecule has 0 spiro atoms. The Balaban J connectivity index is 1.67. The number of hydrogen-bond acceptors (Lipinski definition) is 6. The van der Waals surface area contributed by atoms with Gasteiger partial charge in [-0.3, -0.25) is 10.0 Å². The number of nitrogens with one attached hydrogen (secondary N) is 2. The van der Waals surface area contributed by atoms with Crippen LogP contribution in [0.5, 0.6) is 5.75 Å². The van der Waals surface area contributed by atoms with E-state index in [0.29, 0.717) is 11.1 Å². The van der Waals surface area contributed by atoms with Crippen molar-refractivity contribution < 1.29 is 41.1 Å². The van der Waals surface area contributed by atoms with Gasteiger partial charge in [0.05, 0.1) is 18.2 Å². The molecular weight excluding hydrogens is 506 g/mol. The smallest absolute Gasteiger partial charge is 0.416 e. The monoisotopic (exact) mass is 524 g/mol. The minimum Gasteiger partial charge on any atom is -0.494 e. The van der Waals surface area contributed by atoms with Crippen LogP contribution >= 0.6 is 0 Å². The lowest BCUT2D eigenvalue weighted by molar-refractivity contribution is -0.137. The highest BCUT2D eigenvalue weighted by Crippen LogP contribution is 2.37. The molecule has 194 valence electrons. The largest absolute Gasteiger partial charge is 0.494 e. The molecule has 3 aromatic rings. The molecule has 0 fully saturated rings. The van der Waals surface area contributed by atoms with E-state index in [1.54, 1.807) is 0 Å². The molecular formula is C24H18F6N4O3. The second kappa shape index (κ2) is 9.65. The van der Waals surface area contributed by atoms with E-state index in [0.717, 1.165) is 43.5 Å². The highest BCUT2D eigenvalue weighted by atomic mass is 19.4. The first-order valence-corrected chi connectivity index (χ1v) is 10.5. The van der Waals surface area contributed by atoms with Gasteiger partial charge in [0.1, 0.15) is 28.8 Å². The lowest BCUT2D eigenvalue weighted by Crippen LogP contribution is -2.32. The number of nitrogens with zero attached hydrogens (tertiary/aromatic N) is 2. The van der Waals surface area contributed by atoms with E-state index in [9.17, 15) is 36.3 Å². The van der Waals surface area contributed by atoms with Crippen LogP contribution < -0.4 is 15.4 Å². The Bertz CT molecular complexity index is 1390. The molecule has 0 saturated carbocycles. The number of hydroxylamine groups is 2. The summed E-state index contributed by atoms with van der Waals surface area (Å²) in [7, 11) is 1.15. The van der Waals surface area contributed by atoms with Gasteiger partial charge in [-0.15, -0.1) is 0 Å². The predicted molar refractivity (Wildman–Crippen MR) is 118 cm³/mol. The number of carbonyl (C=O) groups excluding carboxylic acids is 1. The Morgan fingerprint density at radius 2 is 1.73 bits per heavy atom. The standard InChI is InChI=1S/C24H18F6N4O3/c1-11-21(23(35)32-13-6-3-5-12(9-13)24(28,29)30)34(36)22(31-11)19-16(27)10-17(37-2)20(33-19)18-14(25)7-4-8-15(18)26/h3-10,22,31,36H,1-2H3,(H,32,35). The maximum atomic E-state index is 15.0. The Kier molecular flexibility index (Phi) is 6.74. The number of anilines is 1. The first kappa shape index (κ1) is 25.8. The minimum absolute atomic E-state index is 0.0209. The first-order chi connectivity index (χ1) is 17.4. The number of hydrogen-bond donors (Lipinski definition) is 3. The third-order valence-electron chi connectivity index (χ3n) is 5.49. The summed E-state index contributed by atoms with van der Waals surface area (Å²) in [6.45, 7) is 1.35. The van der Waals surface area contributed by atoms with Crippen LogP contribution in [-0.2, 0) is 11.0 Å². The molecule has 13 heteroatoms. The van der Waals surface area contributed by atoms with Crippen LogP contribution in [0.2, 0.25) is 0 Å². The van der Waals surface area contributed by atoms with Crippen LogP contribution in [0.4, 0.5) is 32.0 Å². The van der Waals surface area contributed by atoms with E-state index < -0.39 is 63.9 Å². The third-order valence-corrected chi connectivity index (χ3v) is 5.49. The number of ether oxygens (including phenoxy) is 1. The van der Waals surface area contributed by atoms with Crippen molar-refractivity contribution in [3.63, 3.8) is 0 Å². The van der Waals surface area contributed by atoms with Crippen LogP contribution in [-0.4, -0.2) is 28.3 Å². The van der Waals surface area contributed by atoms with Crippen molar-refractivity contribution in [2.75, 3.05) is 12.4 Å². The van der Waals surface area contributed by atoms with Crippen LogP contribution in [0.1, 0.15) is 24.3 Å². The lowest BCUT2D eigenvalue weighted by atomic mass is 10.1. The van der Waals surface area contributed by atoms with E-state index in [1.807, 2.05) is 0 Å². The molecule has 1 aliphatic heterocycles. The molecule has 0 aliphatic carbocycles. The summed E-state index contributed by atoms with van der Waals surface area (Å²) in [6, 6.07) is 7.70. The van der Waals surface area contributed by atoms with Gasteiger partial charge in [-0.05, 0) is 37.3 Å². The molecule has 0 radical (unpaired) electrons. The number of halogens is 6.